The molecule has 0 spiro atoms. The van der Waals surface area contributed by atoms with Gasteiger partial charge in [0.25, 0.3) is 0 Å². The van der Waals surface area contributed by atoms with Crippen molar-refractivity contribution in [3.05, 3.63) is 12.7 Å². The van der Waals surface area contributed by atoms with Gasteiger partial charge < -0.3 is 4.74 Å². The highest BCUT2D eigenvalue weighted by Crippen LogP contribution is 2.36. The van der Waals surface area contributed by atoms with Crippen molar-refractivity contribution in [1.29, 1.82) is 0 Å². The highest BCUT2D eigenvalue weighted by Gasteiger charge is 2.52. The fourth-order valence-electron chi connectivity index (χ4n) is 1.80. The summed E-state index contributed by atoms with van der Waals surface area (Å²) in [6, 6.07) is 0.414. The maximum Gasteiger partial charge on any atom is 0.411 e. The topological polar surface area (TPSA) is 29.3 Å². The molecule has 0 radical (unpaired) electrons. The molecule has 1 heterocycles. The first-order chi connectivity index (χ1) is 6.78. The number of rotatable bonds is 2. The van der Waals surface area contributed by atoms with Crippen molar-refractivity contribution in [3.63, 3.8) is 0 Å². The monoisotopic (exact) mass is 211 g/mol. The van der Waals surface area contributed by atoms with Crippen molar-refractivity contribution in [1.82, 2.24) is 4.90 Å². The van der Waals surface area contributed by atoms with E-state index in [1.54, 1.807) is 4.90 Å². The third kappa shape index (κ3) is 2.74. The quantitative estimate of drug-likeness (QED) is 0.519. The first-order valence-electron chi connectivity index (χ1n) is 5.42. The zero-order valence-electron chi connectivity index (χ0n) is 10.3. The van der Waals surface area contributed by atoms with Crippen molar-refractivity contribution < 1.29 is 9.53 Å². The molecule has 0 N–H and O–H groups in total. The van der Waals surface area contributed by atoms with E-state index in [1.807, 2.05) is 26.8 Å². The van der Waals surface area contributed by atoms with Gasteiger partial charge in [0.2, 0.25) is 0 Å². The Kier molecular flexibility index (Phi) is 3.12. The highest BCUT2D eigenvalue weighted by atomic mass is 16.6. The van der Waals surface area contributed by atoms with Gasteiger partial charge in [-0.2, -0.15) is 0 Å². The van der Waals surface area contributed by atoms with E-state index in [9.17, 15) is 4.79 Å². The van der Waals surface area contributed by atoms with E-state index < -0.39 is 5.60 Å². The minimum atomic E-state index is -0.424. The second-order valence-corrected chi connectivity index (χ2v) is 5.35. The van der Waals surface area contributed by atoms with Crippen molar-refractivity contribution in [3.8, 4) is 0 Å². The predicted octanol–water partition coefficient (Wildman–Crippen LogP) is 2.82. The number of carbonyl (C=O) groups excluding carboxylic acids is 1. The van der Waals surface area contributed by atoms with Gasteiger partial charge in [-0.25, -0.2) is 4.79 Å². The van der Waals surface area contributed by atoms with Crippen LogP contribution in [-0.4, -0.2) is 28.7 Å². The summed E-state index contributed by atoms with van der Waals surface area (Å²) in [6.07, 6.45) is 1.58. The molecule has 0 aromatic carbocycles. The number of nitrogens with zero attached hydrogens (tertiary/aromatic N) is 1. The van der Waals surface area contributed by atoms with Crippen molar-refractivity contribution >= 4 is 6.09 Å². The summed E-state index contributed by atoms with van der Waals surface area (Å²) in [6.45, 7) is 13.6. The summed E-state index contributed by atoms with van der Waals surface area (Å²) in [7, 11) is 0. The summed E-state index contributed by atoms with van der Waals surface area (Å²) in [5, 5.41) is 0. The summed E-state index contributed by atoms with van der Waals surface area (Å²) in [5.74, 6) is 0.445. The number of carbonyl (C=O) groups is 1. The molecule has 15 heavy (non-hydrogen) atoms. The third-order valence-electron chi connectivity index (χ3n) is 2.43. The lowest BCUT2D eigenvalue weighted by Gasteiger charge is -2.20. The largest absolute Gasteiger partial charge is 0.444 e. The molecule has 0 aromatic heterocycles. The Morgan fingerprint density at radius 2 is 2.00 bits per heavy atom. The van der Waals surface area contributed by atoms with Crippen LogP contribution in [0.2, 0.25) is 0 Å². The SMILES string of the molecule is C=CC1[C@H](C(C)C)N1C(=O)OC(C)(C)C. The number of hydrogen-bond acceptors (Lipinski definition) is 2. The van der Waals surface area contributed by atoms with Gasteiger partial charge in [-0.3, -0.25) is 4.90 Å². The molecule has 0 aliphatic carbocycles. The second-order valence-electron chi connectivity index (χ2n) is 5.35. The van der Waals surface area contributed by atoms with Crippen LogP contribution in [-0.2, 0) is 4.74 Å². The first-order valence-corrected chi connectivity index (χ1v) is 5.42. The van der Waals surface area contributed by atoms with Gasteiger partial charge in [0.05, 0.1) is 12.1 Å². The minimum Gasteiger partial charge on any atom is -0.444 e. The third-order valence-corrected chi connectivity index (χ3v) is 2.43. The lowest BCUT2D eigenvalue weighted by atomic mass is 10.1. The Labute approximate surface area is 92.1 Å². The molecule has 1 fully saturated rings. The van der Waals surface area contributed by atoms with Crippen LogP contribution in [0, 0.1) is 5.92 Å². The zero-order valence-corrected chi connectivity index (χ0v) is 10.3. The van der Waals surface area contributed by atoms with Crippen molar-refractivity contribution in [2.75, 3.05) is 0 Å². The molecular weight excluding hydrogens is 190 g/mol. The molecule has 1 unspecified atom stereocenters. The van der Waals surface area contributed by atoms with Gasteiger partial charge in [0.1, 0.15) is 5.60 Å². The van der Waals surface area contributed by atoms with E-state index >= 15 is 0 Å². The van der Waals surface area contributed by atoms with Crippen molar-refractivity contribution in [2.24, 2.45) is 5.92 Å². The average molecular weight is 211 g/mol. The molecule has 3 heteroatoms. The lowest BCUT2D eigenvalue weighted by Crippen LogP contribution is -2.28. The Morgan fingerprint density at radius 1 is 1.47 bits per heavy atom. The van der Waals surface area contributed by atoms with Crippen LogP contribution in [0.1, 0.15) is 34.6 Å². The van der Waals surface area contributed by atoms with E-state index in [1.165, 1.54) is 0 Å². The van der Waals surface area contributed by atoms with Gasteiger partial charge in [0, 0.05) is 0 Å². The number of hydrogen-bond donors (Lipinski definition) is 0. The standard InChI is InChI=1S/C12H21NO2/c1-7-9-10(8(2)3)13(9)11(14)15-12(4,5)6/h7-10H,1H2,2-6H3/t9?,10-,13?/m0/s1. The van der Waals surface area contributed by atoms with Gasteiger partial charge in [-0.15, -0.1) is 6.58 Å². The Balaban J connectivity index is 2.59. The Bertz CT molecular complexity index is 265. The zero-order chi connectivity index (χ0) is 11.8. The van der Waals surface area contributed by atoms with Crippen LogP contribution in [0.25, 0.3) is 0 Å². The van der Waals surface area contributed by atoms with Crippen LogP contribution in [0.4, 0.5) is 4.79 Å². The summed E-state index contributed by atoms with van der Waals surface area (Å²) >= 11 is 0. The molecule has 2 atom stereocenters. The molecule has 0 bridgehead atoms. The van der Waals surface area contributed by atoms with Gasteiger partial charge in [-0.1, -0.05) is 19.9 Å². The molecule has 1 rings (SSSR count). The van der Waals surface area contributed by atoms with E-state index in [4.69, 9.17) is 4.74 Å². The molecule has 0 aromatic rings. The number of ether oxygens (including phenoxy) is 1. The van der Waals surface area contributed by atoms with Gasteiger partial charge in [-0.05, 0) is 26.7 Å². The molecule has 1 amide bonds. The van der Waals surface area contributed by atoms with Crippen LogP contribution >= 0.6 is 0 Å². The van der Waals surface area contributed by atoms with E-state index in [2.05, 4.69) is 20.4 Å². The summed E-state index contributed by atoms with van der Waals surface area (Å²) < 4.78 is 5.31. The highest BCUT2D eigenvalue weighted by molar-refractivity contribution is 5.73. The molecule has 3 nitrogen and oxygen atoms in total. The maximum atomic E-state index is 11.8. The van der Waals surface area contributed by atoms with Gasteiger partial charge in [0.15, 0.2) is 0 Å². The fourth-order valence-corrected chi connectivity index (χ4v) is 1.80. The van der Waals surface area contributed by atoms with Crippen molar-refractivity contribution in [2.45, 2.75) is 52.3 Å². The predicted molar refractivity (Wildman–Crippen MR) is 60.7 cm³/mol. The molecule has 86 valence electrons. The first kappa shape index (κ1) is 12.1. The Hall–Kier alpha value is -0.990. The molecular formula is C12H21NO2. The normalized spacial score (nSPS) is 25.3. The smallest absolute Gasteiger partial charge is 0.411 e. The van der Waals surface area contributed by atoms with Crippen LogP contribution in [0.5, 0.6) is 0 Å². The minimum absolute atomic E-state index is 0.153. The van der Waals surface area contributed by atoms with E-state index in [0.717, 1.165) is 0 Å². The Morgan fingerprint density at radius 3 is 2.27 bits per heavy atom. The van der Waals surface area contributed by atoms with Crippen LogP contribution < -0.4 is 0 Å². The van der Waals surface area contributed by atoms with E-state index in [-0.39, 0.29) is 18.2 Å². The molecule has 1 aliphatic heterocycles. The second kappa shape index (κ2) is 3.87. The van der Waals surface area contributed by atoms with Crippen LogP contribution in [0.15, 0.2) is 12.7 Å². The fraction of sp³-hybridized carbons (Fsp3) is 0.750. The maximum absolute atomic E-state index is 11.8. The average Bonchev–Trinajstić information content (AvgIpc) is 2.73. The molecule has 1 aliphatic rings. The number of amides is 1. The lowest BCUT2D eigenvalue weighted by molar-refractivity contribution is 0.0391. The summed E-state index contributed by atoms with van der Waals surface area (Å²) in [5.41, 5.74) is -0.424. The summed E-state index contributed by atoms with van der Waals surface area (Å²) in [4.78, 5) is 13.5. The van der Waals surface area contributed by atoms with Crippen LogP contribution in [0.3, 0.4) is 0 Å². The molecule has 0 saturated carbocycles. The van der Waals surface area contributed by atoms with E-state index in [0.29, 0.717) is 5.92 Å². The van der Waals surface area contributed by atoms with Gasteiger partial charge >= 0.3 is 6.09 Å². The molecule has 1 saturated heterocycles.